The molecule has 1 N–H and O–H groups in total. The Kier molecular flexibility index (Phi) is 5.13. The Morgan fingerprint density at radius 3 is 2.43 bits per heavy atom. The Morgan fingerprint density at radius 1 is 1.04 bits per heavy atom. The van der Waals surface area contributed by atoms with Crippen LogP contribution in [0.4, 0.5) is 4.39 Å². The molecule has 1 aromatic heterocycles. The van der Waals surface area contributed by atoms with Crippen LogP contribution in [-0.4, -0.2) is 15.8 Å². The lowest BCUT2D eigenvalue weighted by molar-refractivity contribution is 0.351. The number of pyridine rings is 1. The van der Waals surface area contributed by atoms with Crippen LogP contribution in [0.15, 0.2) is 58.4 Å². The monoisotopic (exact) mass is 437 g/mol. The molecule has 0 amide bonds. The smallest absolute Gasteiger partial charge is 0.255 e. The highest BCUT2D eigenvalue weighted by atomic mass is 35.5. The fourth-order valence-corrected chi connectivity index (χ4v) is 4.65. The van der Waals surface area contributed by atoms with Gasteiger partial charge in [-0.25, -0.2) is 4.39 Å². The average molecular weight is 439 g/mol. The molecule has 144 valence electrons. The Labute approximate surface area is 175 Å². The fraction of sp³-hybridized carbons (Fsp3) is 0.190. The Bertz CT molecular complexity index is 1150. The largest absolute Gasteiger partial charge is 0.508 e. The van der Waals surface area contributed by atoms with Gasteiger partial charge in [-0.3, -0.25) is 9.36 Å². The van der Waals surface area contributed by atoms with Crippen LogP contribution in [0.25, 0.3) is 16.6 Å². The average Bonchev–Trinajstić information content (AvgIpc) is 2.62. The summed E-state index contributed by atoms with van der Waals surface area (Å²) >= 11 is 19.0. The van der Waals surface area contributed by atoms with Crippen LogP contribution in [-0.2, 0) is 0 Å². The molecule has 0 saturated heterocycles. The van der Waals surface area contributed by atoms with E-state index in [0.29, 0.717) is 44.5 Å². The van der Waals surface area contributed by atoms with E-state index in [1.54, 1.807) is 30.3 Å². The number of nitrogens with zero attached hydrogens (tertiary/aromatic N) is 1. The van der Waals surface area contributed by atoms with Gasteiger partial charge in [-0.2, -0.15) is 0 Å². The highest BCUT2D eigenvalue weighted by molar-refractivity contribution is 6.37. The lowest BCUT2D eigenvalue weighted by atomic mass is 9.86. The molecule has 2 aromatic carbocycles. The number of aromatic hydroxyl groups is 1. The Hall–Kier alpha value is -2.01. The van der Waals surface area contributed by atoms with E-state index in [1.165, 1.54) is 22.8 Å². The number of aromatic nitrogens is 1. The number of benzene rings is 2. The lowest BCUT2D eigenvalue weighted by Crippen LogP contribution is -2.19. The molecule has 3 aromatic rings. The van der Waals surface area contributed by atoms with Crippen LogP contribution in [0.1, 0.15) is 24.3 Å². The van der Waals surface area contributed by atoms with E-state index in [2.05, 4.69) is 0 Å². The zero-order chi connectivity index (χ0) is 20.0. The maximum absolute atomic E-state index is 13.7. The van der Waals surface area contributed by atoms with Gasteiger partial charge in [0, 0.05) is 28.5 Å². The van der Waals surface area contributed by atoms with Gasteiger partial charge in [-0.1, -0.05) is 40.9 Å². The van der Waals surface area contributed by atoms with Gasteiger partial charge in [0.15, 0.2) is 0 Å². The van der Waals surface area contributed by atoms with Gasteiger partial charge in [0.2, 0.25) is 0 Å². The first-order valence-corrected chi connectivity index (χ1v) is 9.84. The predicted molar refractivity (Wildman–Crippen MR) is 112 cm³/mol. The van der Waals surface area contributed by atoms with Crippen molar-refractivity contribution in [2.45, 2.75) is 24.9 Å². The third-order valence-corrected chi connectivity index (χ3v) is 5.97. The molecule has 4 rings (SSSR count). The summed E-state index contributed by atoms with van der Waals surface area (Å²) in [6.45, 7) is 0. The van der Waals surface area contributed by atoms with Crippen LogP contribution >= 0.6 is 34.8 Å². The third kappa shape index (κ3) is 3.30. The molecular formula is C21H15Cl3FNO2. The zero-order valence-electron chi connectivity index (χ0n) is 14.5. The molecular weight excluding hydrogens is 424 g/mol. The molecule has 1 heterocycles. The first kappa shape index (κ1) is 19.3. The van der Waals surface area contributed by atoms with E-state index >= 15 is 0 Å². The summed E-state index contributed by atoms with van der Waals surface area (Å²) in [6, 6.07) is 11.1. The van der Waals surface area contributed by atoms with Gasteiger partial charge < -0.3 is 5.11 Å². The molecule has 0 fully saturated rings. The van der Waals surface area contributed by atoms with Crippen molar-refractivity contribution in [3.05, 3.63) is 79.5 Å². The number of alkyl halides is 1. The number of rotatable bonds is 2. The van der Waals surface area contributed by atoms with Crippen molar-refractivity contribution < 1.29 is 9.50 Å². The number of fused-ring (bicyclic) bond motifs is 1. The highest BCUT2D eigenvalue weighted by Gasteiger charge is 2.26. The molecule has 0 aliphatic heterocycles. The van der Waals surface area contributed by atoms with Crippen LogP contribution in [0.2, 0.25) is 10.0 Å². The maximum atomic E-state index is 13.7. The summed E-state index contributed by atoms with van der Waals surface area (Å²) in [4.78, 5) is 12.7. The standard InChI is InChI=1S/C21H15Cl3FNO2/c22-16-2-1-3-17(23)21(16)26-19-10-12(27)9-15(14(19)6-7-20(26)28)13-5-4-11(25)8-18(13)24/h1-3,6-11,13,27H,4-5H2. The van der Waals surface area contributed by atoms with Crippen molar-refractivity contribution in [2.24, 2.45) is 0 Å². The van der Waals surface area contributed by atoms with Gasteiger partial charge in [0.1, 0.15) is 11.9 Å². The van der Waals surface area contributed by atoms with Crippen molar-refractivity contribution in [3.8, 4) is 11.4 Å². The lowest BCUT2D eigenvalue weighted by Gasteiger charge is -2.25. The number of hydrogen-bond acceptors (Lipinski definition) is 2. The van der Waals surface area contributed by atoms with E-state index in [4.69, 9.17) is 34.8 Å². The number of allylic oxidation sites excluding steroid dienone is 2. The van der Waals surface area contributed by atoms with Crippen LogP contribution in [0.3, 0.4) is 0 Å². The number of phenols is 1. The van der Waals surface area contributed by atoms with Crippen molar-refractivity contribution in [1.29, 1.82) is 0 Å². The normalized spacial score (nSPS) is 19.6. The zero-order valence-corrected chi connectivity index (χ0v) is 16.8. The van der Waals surface area contributed by atoms with E-state index < -0.39 is 6.17 Å². The minimum absolute atomic E-state index is 0.0307. The van der Waals surface area contributed by atoms with Crippen molar-refractivity contribution in [2.75, 3.05) is 0 Å². The first-order valence-electron chi connectivity index (χ1n) is 8.71. The van der Waals surface area contributed by atoms with Gasteiger partial charge >= 0.3 is 0 Å². The molecule has 1 aliphatic rings. The Balaban J connectivity index is 2.05. The van der Waals surface area contributed by atoms with Crippen molar-refractivity contribution >= 4 is 45.7 Å². The molecule has 0 radical (unpaired) electrons. The number of hydrogen-bond donors (Lipinski definition) is 1. The summed E-state index contributed by atoms with van der Waals surface area (Å²) in [5.74, 6) is -0.298. The molecule has 2 unspecified atom stereocenters. The minimum Gasteiger partial charge on any atom is -0.508 e. The summed E-state index contributed by atoms with van der Waals surface area (Å²) < 4.78 is 15.0. The summed E-state index contributed by atoms with van der Waals surface area (Å²) in [5.41, 5.74) is 1.17. The second kappa shape index (κ2) is 7.43. The Morgan fingerprint density at radius 2 is 1.75 bits per heavy atom. The fourth-order valence-electron chi connectivity index (χ4n) is 3.72. The molecule has 0 bridgehead atoms. The van der Waals surface area contributed by atoms with Gasteiger partial charge in [0.05, 0.1) is 21.2 Å². The highest BCUT2D eigenvalue weighted by Crippen LogP contribution is 2.42. The summed E-state index contributed by atoms with van der Waals surface area (Å²) in [6.07, 6.45) is 1.16. The molecule has 0 saturated carbocycles. The second-order valence-electron chi connectivity index (χ2n) is 6.74. The van der Waals surface area contributed by atoms with Crippen molar-refractivity contribution in [3.63, 3.8) is 0 Å². The minimum atomic E-state index is -1.08. The summed E-state index contributed by atoms with van der Waals surface area (Å²) in [5, 5.41) is 12.1. The van der Waals surface area contributed by atoms with Gasteiger partial charge in [0.25, 0.3) is 5.56 Å². The number of halogens is 4. The van der Waals surface area contributed by atoms with E-state index in [-0.39, 0.29) is 17.2 Å². The second-order valence-corrected chi connectivity index (χ2v) is 7.99. The molecule has 3 nitrogen and oxygen atoms in total. The molecule has 1 aliphatic carbocycles. The quantitative estimate of drug-likeness (QED) is 0.507. The topological polar surface area (TPSA) is 42.2 Å². The van der Waals surface area contributed by atoms with Crippen LogP contribution in [0.5, 0.6) is 5.75 Å². The van der Waals surface area contributed by atoms with Gasteiger partial charge in [-0.15, -0.1) is 0 Å². The summed E-state index contributed by atoms with van der Waals surface area (Å²) in [7, 11) is 0. The maximum Gasteiger partial charge on any atom is 0.255 e. The number of phenolic OH excluding ortho intramolecular Hbond substituents is 1. The third-order valence-electron chi connectivity index (χ3n) is 4.97. The van der Waals surface area contributed by atoms with Gasteiger partial charge in [-0.05, 0) is 48.7 Å². The SMILES string of the molecule is O=c1ccc2c(C3CCC(F)C=C3Cl)cc(O)cc2n1-c1c(Cl)cccc1Cl. The van der Waals surface area contributed by atoms with E-state index in [1.807, 2.05) is 0 Å². The van der Waals surface area contributed by atoms with E-state index in [0.717, 1.165) is 5.56 Å². The first-order chi connectivity index (χ1) is 13.4. The number of para-hydroxylation sites is 1. The van der Waals surface area contributed by atoms with E-state index in [9.17, 15) is 14.3 Å². The van der Waals surface area contributed by atoms with Crippen LogP contribution in [0, 0.1) is 0 Å². The van der Waals surface area contributed by atoms with Crippen molar-refractivity contribution in [1.82, 2.24) is 4.57 Å². The molecule has 2 atom stereocenters. The molecule has 0 spiro atoms. The molecule has 28 heavy (non-hydrogen) atoms. The molecule has 7 heteroatoms. The van der Waals surface area contributed by atoms with Crippen LogP contribution < -0.4 is 5.56 Å². The predicted octanol–water partition coefficient (Wildman–Crippen LogP) is 6.34.